The van der Waals surface area contributed by atoms with Crippen molar-refractivity contribution < 1.29 is 4.79 Å². The molecule has 0 spiro atoms. The fourth-order valence-electron chi connectivity index (χ4n) is 4.10. The van der Waals surface area contributed by atoms with E-state index in [0.29, 0.717) is 5.41 Å². The Bertz CT molecular complexity index is 635. The smallest absolute Gasteiger partial charge is 0.143 e. The molecule has 0 heterocycles. The largest absolute Gasteiger partial charge is 0.299 e. The van der Waals surface area contributed by atoms with Crippen LogP contribution in [0.2, 0.25) is 0 Å². The van der Waals surface area contributed by atoms with Gasteiger partial charge in [0.05, 0.1) is 0 Å². The van der Waals surface area contributed by atoms with Gasteiger partial charge in [0.2, 0.25) is 0 Å². The van der Waals surface area contributed by atoms with Crippen molar-refractivity contribution in [1.29, 1.82) is 0 Å². The highest BCUT2D eigenvalue weighted by Crippen LogP contribution is 2.40. The Balaban J connectivity index is 2.17. The van der Waals surface area contributed by atoms with Crippen molar-refractivity contribution in [2.75, 3.05) is 0 Å². The molecule has 0 aliphatic heterocycles. The molecule has 25 heavy (non-hydrogen) atoms. The van der Waals surface area contributed by atoms with Crippen LogP contribution in [0.3, 0.4) is 0 Å². The fraction of sp³-hybridized carbons (Fsp3) is 0.542. The lowest BCUT2D eigenvalue weighted by molar-refractivity contribution is -0.104. The van der Waals surface area contributed by atoms with Crippen molar-refractivity contribution in [1.82, 2.24) is 0 Å². The van der Waals surface area contributed by atoms with Gasteiger partial charge in [-0.05, 0) is 87.0 Å². The Labute approximate surface area is 154 Å². The number of hydrogen-bond acceptors (Lipinski definition) is 1. The molecule has 1 fully saturated rings. The van der Waals surface area contributed by atoms with E-state index in [9.17, 15) is 4.79 Å². The lowest BCUT2D eigenvalue weighted by atomic mass is 9.72. The standard InChI is InChI=1S/C24H34O/c1-19(13-15-23-20(2)9-8-17-24(23,3)4)12-14-21-10-6-5-7-11-22(21)16-18-25/h12-16,18H,5-11,17H2,1-4H3/b15-13+,19-12+,21-14+,22-16+. The summed E-state index contributed by atoms with van der Waals surface area (Å²) in [6.07, 6.45) is 21.3. The van der Waals surface area contributed by atoms with Crippen LogP contribution in [0.4, 0.5) is 0 Å². The van der Waals surface area contributed by atoms with Crippen molar-refractivity contribution in [3.05, 3.63) is 58.2 Å². The monoisotopic (exact) mass is 338 g/mol. The molecule has 0 N–H and O–H groups in total. The number of rotatable bonds is 4. The average Bonchev–Trinajstić information content (AvgIpc) is 2.77. The van der Waals surface area contributed by atoms with Gasteiger partial charge in [0.1, 0.15) is 6.29 Å². The first-order chi connectivity index (χ1) is 11.9. The molecule has 136 valence electrons. The Kier molecular flexibility index (Phi) is 7.23. The van der Waals surface area contributed by atoms with Gasteiger partial charge in [-0.25, -0.2) is 0 Å². The van der Waals surface area contributed by atoms with Gasteiger partial charge >= 0.3 is 0 Å². The molecule has 0 aromatic heterocycles. The minimum Gasteiger partial charge on any atom is -0.299 e. The van der Waals surface area contributed by atoms with Crippen LogP contribution in [0.5, 0.6) is 0 Å². The molecule has 1 saturated carbocycles. The Hall–Kier alpha value is -1.63. The normalized spacial score (nSPS) is 25.7. The molecule has 0 radical (unpaired) electrons. The van der Waals surface area contributed by atoms with Gasteiger partial charge in [0, 0.05) is 0 Å². The van der Waals surface area contributed by atoms with Gasteiger partial charge < -0.3 is 0 Å². The first-order valence-corrected chi connectivity index (χ1v) is 9.84. The molecule has 0 aromatic carbocycles. The summed E-state index contributed by atoms with van der Waals surface area (Å²) in [6, 6.07) is 0. The quantitative estimate of drug-likeness (QED) is 0.233. The molecule has 0 unspecified atom stereocenters. The first kappa shape index (κ1) is 19.7. The Morgan fingerprint density at radius 3 is 2.28 bits per heavy atom. The van der Waals surface area contributed by atoms with Crippen LogP contribution in [0.1, 0.15) is 79.1 Å². The molecule has 0 atom stereocenters. The summed E-state index contributed by atoms with van der Waals surface area (Å²) in [6.45, 7) is 9.17. The van der Waals surface area contributed by atoms with E-state index in [1.165, 1.54) is 60.8 Å². The highest BCUT2D eigenvalue weighted by atomic mass is 16.1. The maximum absolute atomic E-state index is 10.9. The number of carbonyl (C=O) groups excluding carboxylic acids is 1. The van der Waals surface area contributed by atoms with E-state index in [4.69, 9.17) is 0 Å². The number of aldehydes is 1. The molecule has 1 nitrogen and oxygen atoms in total. The molecule has 2 aliphatic rings. The number of hydrogen-bond donors (Lipinski definition) is 0. The summed E-state index contributed by atoms with van der Waals surface area (Å²) in [5.41, 5.74) is 7.18. The SMILES string of the molecule is CC1=C(/C=C/C(C)=C/C=C2\CCCCC\C2=C/C=O)C(C)(C)CCC1. The molecular weight excluding hydrogens is 304 g/mol. The maximum atomic E-state index is 10.9. The molecule has 2 aliphatic carbocycles. The molecule has 1 heteroatoms. The van der Waals surface area contributed by atoms with Crippen LogP contribution >= 0.6 is 0 Å². The summed E-state index contributed by atoms with van der Waals surface area (Å²) >= 11 is 0. The van der Waals surface area contributed by atoms with E-state index in [-0.39, 0.29) is 0 Å². The summed E-state index contributed by atoms with van der Waals surface area (Å²) < 4.78 is 0. The van der Waals surface area contributed by atoms with Crippen molar-refractivity contribution in [2.24, 2.45) is 5.41 Å². The summed E-state index contributed by atoms with van der Waals surface area (Å²) in [4.78, 5) is 10.9. The van der Waals surface area contributed by atoms with E-state index in [0.717, 1.165) is 19.1 Å². The van der Waals surface area contributed by atoms with Crippen LogP contribution in [0.25, 0.3) is 0 Å². The zero-order valence-corrected chi connectivity index (χ0v) is 16.5. The third-order valence-corrected chi connectivity index (χ3v) is 5.68. The lowest BCUT2D eigenvalue weighted by Crippen LogP contribution is -2.19. The molecule has 2 rings (SSSR count). The third-order valence-electron chi connectivity index (χ3n) is 5.68. The van der Waals surface area contributed by atoms with Gasteiger partial charge in [0.15, 0.2) is 0 Å². The summed E-state index contributed by atoms with van der Waals surface area (Å²) in [5, 5.41) is 0. The van der Waals surface area contributed by atoms with Crippen molar-refractivity contribution in [3.63, 3.8) is 0 Å². The van der Waals surface area contributed by atoms with E-state index in [2.05, 4.69) is 52.0 Å². The topological polar surface area (TPSA) is 17.1 Å². The van der Waals surface area contributed by atoms with Gasteiger partial charge in [-0.1, -0.05) is 55.7 Å². The summed E-state index contributed by atoms with van der Waals surface area (Å²) in [5.74, 6) is 0. The zero-order chi connectivity index (χ0) is 18.3. The fourth-order valence-corrected chi connectivity index (χ4v) is 4.10. The van der Waals surface area contributed by atoms with Crippen LogP contribution in [-0.2, 0) is 4.79 Å². The van der Waals surface area contributed by atoms with Crippen LogP contribution in [0.15, 0.2) is 58.2 Å². The predicted molar refractivity (Wildman–Crippen MR) is 109 cm³/mol. The van der Waals surface area contributed by atoms with Crippen molar-refractivity contribution in [3.8, 4) is 0 Å². The van der Waals surface area contributed by atoms with Crippen LogP contribution < -0.4 is 0 Å². The minimum absolute atomic E-state index is 0.290. The van der Waals surface area contributed by atoms with E-state index in [1.54, 1.807) is 11.6 Å². The molecule has 0 bridgehead atoms. The third kappa shape index (κ3) is 5.70. The van der Waals surface area contributed by atoms with E-state index in [1.807, 2.05) is 0 Å². The van der Waals surface area contributed by atoms with Gasteiger partial charge in [-0.15, -0.1) is 0 Å². The molecule has 0 amide bonds. The Morgan fingerprint density at radius 1 is 0.960 bits per heavy atom. The van der Waals surface area contributed by atoms with Gasteiger partial charge in [-0.3, -0.25) is 4.79 Å². The van der Waals surface area contributed by atoms with Crippen LogP contribution in [-0.4, -0.2) is 6.29 Å². The minimum atomic E-state index is 0.290. The summed E-state index contributed by atoms with van der Waals surface area (Å²) in [7, 11) is 0. The van der Waals surface area contributed by atoms with Gasteiger partial charge in [0.25, 0.3) is 0 Å². The van der Waals surface area contributed by atoms with E-state index < -0.39 is 0 Å². The highest BCUT2D eigenvalue weighted by Gasteiger charge is 2.26. The average molecular weight is 339 g/mol. The lowest BCUT2D eigenvalue weighted by Gasteiger charge is -2.32. The molecular formula is C24H34O. The second kappa shape index (κ2) is 9.17. The second-order valence-electron chi connectivity index (χ2n) is 8.26. The highest BCUT2D eigenvalue weighted by molar-refractivity contribution is 5.68. The predicted octanol–water partition coefficient (Wildman–Crippen LogP) is 7.03. The van der Waals surface area contributed by atoms with Crippen molar-refractivity contribution in [2.45, 2.75) is 79.1 Å². The molecule has 0 aromatic rings. The van der Waals surface area contributed by atoms with E-state index >= 15 is 0 Å². The van der Waals surface area contributed by atoms with Gasteiger partial charge in [-0.2, -0.15) is 0 Å². The number of allylic oxidation sites excluding steroid dienone is 10. The maximum Gasteiger partial charge on any atom is 0.143 e. The van der Waals surface area contributed by atoms with Crippen LogP contribution in [0, 0.1) is 5.41 Å². The molecule has 0 saturated heterocycles. The zero-order valence-electron chi connectivity index (χ0n) is 16.5. The Morgan fingerprint density at radius 2 is 1.64 bits per heavy atom. The second-order valence-corrected chi connectivity index (χ2v) is 8.26. The van der Waals surface area contributed by atoms with Crippen molar-refractivity contribution >= 4 is 6.29 Å². The number of carbonyl (C=O) groups is 1. The first-order valence-electron chi connectivity index (χ1n) is 9.84.